The number of nitrogens with two attached hydrogens (primary N) is 1. The number of fused-ring (bicyclic) bond motifs is 1. The smallest absolute Gasteiger partial charge is 0.163 e. The summed E-state index contributed by atoms with van der Waals surface area (Å²) >= 11 is 0. The quantitative estimate of drug-likeness (QED) is 0.162. The number of hydrogen-bond acceptors (Lipinski definition) is 9. The Bertz CT molecular complexity index is 1460. The average Bonchev–Trinajstić information content (AvgIpc) is 3.01. The van der Waals surface area contributed by atoms with E-state index < -0.39 is 0 Å². The molecule has 9 heteroatoms. The van der Waals surface area contributed by atoms with Gasteiger partial charge in [0.1, 0.15) is 17.6 Å². The molecule has 5 rings (SSSR count). The van der Waals surface area contributed by atoms with Crippen LogP contribution in [0.3, 0.4) is 0 Å². The van der Waals surface area contributed by atoms with E-state index in [1.807, 2.05) is 68.4 Å². The van der Waals surface area contributed by atoms with E-state index in [1.54, 1.807) is 19.4 Å². The molecule has 2 heterocycles. The Morgan fingerprint density at radius 2 is 1.80 bits per heavy atom. The number of anilines is 3. The molecule has 1 aromatic heterocycles. The number of nitrogens with zero attached hydrogens (tertiary/aromatic N) is 3. The van der Waals surface area contributed by atoms with Crippen molar-refractivity contribution in [1.82, 2.24) is 15.2 Å². The summed E-state index contributed by atoms with van der Waals surface area (Å²) in [7, 11) is 1.61. The number of nitrogens with one attached hydrogen (secondary N) is 2. The predicted molar refractivity (Wildman–Crippen MR) is 164 cm³/mol. The van der Waals surface area contributed by atoms with Gasteiger partial charge in [-0.05, 0) is 48.9 Å². The van der Waals surface area contributed by atoms with E-state index in [2.05, 4.69) is 26.6 Å². The van der Waals surface area contributed by atoms with Crippen LogP contribution in [0.4, 0.5) is 17.1 Å². The molecule has 0 radical (unpaired) electrons. The van der Waals surface area contributed by atoms with E-state index in [-0.39, 0.29) is 0 Å². The van der Waals surface area contributed by atoms with Gasteiger partial charge in [0.25, 0.3) is 0 Å². The SMILES string of the molecule is CC.COc1cc2c(Nc3ccc(Oc4cccc(N)c4)cc3)c(C#N)cnc2cc1OCCCN1CCNCC1. The molecule has 0 aliphatic carbocycles. The second kappa shape index (κ2) is 14.7. The van der Waals surface area contributed by atoms with Gasteiger partial charge in [-0.15, -0.1) is 0 Å². The van der Waals surface area contributed by atoms with Crippen LogP contribution in [-0.4, -0.2) is 56.3 Å². The van der Waals surface area contributed by atoms with Crippen molar-refractivity contribution < 1.29 is 14.2 Å². The third-order valence-electron chi connectivity index (χ3n) is 6.58. The van der Waals surface area contributed by atoms with Gasteiger partial charge in [-0.3, -0.25) is 4.98 Å². The first-order valence-corrected chi connectivity index (χ1v) is 14.0. The summed E-state index contributed by atoms with van der Waals surface area (Å²) < 4.78 is 17.6. The maximum atomic E-state index is 9.79. The number of nitriles is 1. The van der Waals surface area contributed by atoms with Crippen LogP contribution >= 0.6 is 0 Å². The lowest BCUT2D eigenvalue weighted by Gasteiger charge is -2.27. The molecule has 4 aromatic rings. The highest BCUT2D eigenvalue weighted by atomic mass is 16.5. The molecule has 4 N–H and O–H groups in total. The Morgan fingerprint density at radius 3 is 2.51 bits per heavy atom. The Morgan fingerprint density at radius 1 is 1.02 bits per heavy atom. The minimum Gasteiger partial charge on any atom is -0.493 e. The minimum absolute atomic E-state index is 0.425. The van der Waals surface area contributed by atoms with Crippen LogP contribution in [0.2, 0.25) is 0 Å². The van der Waals surface area contributed by atoms with Crippen molar-refractivity contribution in [2.75, 3.05) is 57.5 Å². The number of rotatable bonds is 10. The Hall–Kier alpha value is -4.52. The number of methoxy groups -OCH3 is 1. The maximum Gasteiger partial charge on any atom is 0.163 e. The number of ether oxygens (including phenoxy) is 3. The van der Waals surface area contributed by atoms with Gasteiger partial charge < -0.3 is 35.5 Å². The normalized spacial score (nSPS) is 13.0. The lowest BCUT2D eigenvalue weighted by atomic mass is 10.1. The monoisotopic (exact) mass is 554 g/mol. The molecule has 0 saturated carbocycles. The fourth-order valence-corrected chi connectivity index (χ4v) is 4.56. The van der Waals surface area contributed by atoms with E-state index in [1.165, 1.54) is 0 Å². The number of aromatic nitrogens is 1. The van der Waals surface area contributed by atoms with Gasteiger partial charge in [0.05, 0.1) is 30.5 Å². The van der Waals surface area contributed by atoms with Crippen molar-refractivity contribution in [3.63, 3.8) is 0 Å². The van der Waals surface area contributed by atoms with Crippen LogP contribution in [0.15, 0.2) is 66.9 Å². The molecule has 41 heavy (non-hydrogen) atoms. The first-order valence-electron chi connectivity index (χ1n) is 14.0. The fraction of sp³-hybridized carbons (Fsp3) is 0.312. The molecule has 1 aliphatic heterocycles. The summed E-state index contributed by atoms with van der Waals surface area (Å²) in [5.41, 5.74) is 9.06. The Kier molecular flexibility index (Phi) is 10.6. The van der Waals surface area contributed by atoms with Gasteiger partial charge >= 0.3 is 0 Å². The van der Waals surface area contributed by atoms with Crippen molar-refractivity contribution in [1.29, 1.82) is 5.26 Å². The van der Waals surface area contributed by atoms with Gasteiger partial charge in [-0.1, -0.05) is 19.9 Å². The van der Waals surface area contributed by atoms with Gasteiger partial charge in [-0.25, -0.2) is 0 Å². The van der Waals surface area contributed by atoms with Crippen molar-refractivity contribution in [2.24, 2.45) is 0 Å². The van der Waals surface area contributed by atoms with Gasteiger partial charge in [0, 0.05) is 67.8 Å². The highest BCUT2D eigenvalue weighted by molar-refractivity contribution is 5.97. The molecule has 1 saturated heterocycles. The van der Waals surface area contributed by atoms with E-state index in [9.17, 15) is 5.26 Å². The van der Waals surface area contributed by atoms with Crippen LogP contribution < -0.4 is 30.6 Å². The lowest BCUT2D eigenvalue weighted by molar-refractivity contribution is 0.211. The van der Waals surface area contributed by atoms with Crippen molar-refractivity contribution in [3.8, 4) is 29.1 Å². The second-order valence-corrected chi connectivity index (χ2v) is 9.30. The molecule has 0 unspecified atom stereocenters. The van der Waals surface area contributed by atoms with Crippen molar-refractivity contribution in [2.45, 2.75) is 20.3 Å². The number of piperazine rings is 1. The molecular formula is C32H38N6O3. The van der Waals surface area contributed by atoms with E-state index in [4.69, 9.17) is 19.9 Å². The number of nitrogen functional groups attached to an aromatic ring is 1. The lowest BCUT2D eigenvalue weighted by Crippen LogP contribution is -2.43. The highest BCUT2D eigenvalue weighted by Gasteiger charge is 2.15. The third-order valence-corrected chi connectivity index (χ3v) is 6.58. The number of pyridine rings is 1. The molecule has 214 valence electrons. The molecule has 0 amide bonds. The first-order chi connectivity index (χ1) is 20.1. The Labute approximate surface area is 241 Å². The zero-order valence-electron chi connectivity index (χ0n) is 23.9. The van der Waals surface area contributed by atoms with E-state index >= 15 is 0 Å². The third kappa shape index (κ3) is 7.78. The van der Waals surface area contributed by atoms with Crippen LogP contribution in [-0.2, 0) is 0 Å². The van der Waals surface area contributed by atoms with E-state index in [0.29, 0.717) is 52.1 Å². The summed E-state index contributed by atoms with van der Waals surface area (Å²) in [6.07, 6.45) is 2.49. The average molecular weight is 555 g/mol. The summed E-state index contributed by atoms with van der Waals surface area (Å²) in [5.74, 6) is 2.56. The topological polar surface area (TPSA) is 118 Å². The Balaban J connectivity index is 0.00000189. The molecule has 0 bridgehead atoms. The summed E-state index contributed by atoms with van der Waals surface area (Å²) in [4.78, 5) is 6.96. The zero-order chi connectivity index (χ0) is 29.0. The standard InChI is InChI=1S/C30H32N6O3.C2H6/c1-37-28-17-26-27(18-29(28)38-15-3-12-36-13-10-33-11-14-36)34-20-21(19-31)30(26)35-23-6-8-24(9-7-23)39-25-5-2-4-22(32)16-25;1-2/h2,4-9,16-18,20,33H,3,10-15,32H2,1H3,(H,34,35);1-2H3. The van der Waals surface area contributed by atoms with Crippen LogP contribution in [0.1, 0.15) is 25.8 Å². The first kappa shape index (κ1) is 29.5. The number of benzene rings is 3. The minimum atomic E-state index is 0.425. The summed E-state index contributed by atoms with van der Waals surface area (Å²) in [6, 6.07) is 20.7. The molecule has 1 fully saturated rings. The molecule has 3 aromatic carbocycles. The highest BCUT2D eigenvalue weighted by Crippen LogP contribution is 2.37. The van der Waals surface area contributed by atoms with Gasteiger partial charge in [-0.2, -0.15) is 5.26 Å². The predicted octanol–water partition coefficient (Wildman–Crippen LogP) is 5.93. The van der Waals surface area contributed by atoms with Gasteiger partial charge in [0.15, 0.2) is 11.5 Å². The second-order valence-electron chi connectivity index (χ2n) is 9.30. The fourth-order valence-electron chi connectivity index (χ4n) is 4.56. The maximum absolute atomic E-state index is 9.79. The van der Waals surface area contributed by atoms with Crippen LogP contribution in [0, 0.1) is 11.3 Å². The summed E-state index contributed by atoms with van der Waals surface area (Å²) in [6.45, 7) is 9.78. The zero-order valence-corrected chi connectivity index (χ0v) is 23.9. The van der Waals surface area contributed by atoms with Crippen molar-refractivity contribution >= 4 is 28.0 Å². The number of hydrogen-bond donors (Lipinski definition) is 3. The van der Waals surface area contributed by atoms with Crippen LogP contribution in [0.25, 0.3) is 10.9 Å². The molecule has 9 nitrogen and oxygen atoms in total. The molecular weight excluding hydrogens is 516 g/mol. The van der Waals surface area contributed by atoms with Gasteiger partial charge in [0.2, 0.25) is 0 Å². The molecule has 1 aliphatic rings. The largest absolute Gasteiger partial charge is 0.493 e. The van der Waals surface area contributed by atoms with E-state index in [0.717, 1.165) is 50.2 Å². The molecule has 0 spiro atoms. The van der Waals surface area contributed by atoms with Crippen molar-refractivity contribution in [3.05, 3.63) is 72.4 Å². The molecule has 0 atom stereocenters. The summed E-state index contributed by atoms with van der Waals surface area (Å²) in [5, 5.41) is 17.3. The van der Waals surface area contributed by atoms with Crippen LogP contribution in [0.5, 0.6) is 23.0 Å².